The number of fused-ring (bicyclic) bond motifs is 1. The quantitative estimate of drug-likeness (QED) is 0.588. The number of rotatable bonds is 8. The van der Waals surface area contributed by atoms with Crippen LogP contribution in [0, 0.1) is 23.2 Å². The molecule has 1 aromatic heterocycles. The lowest BCUT2D eigenvalue weighted by molar-refractivity contribution is -0.138. The number of carbonyl (C=O) groups excluding carboxylic acids is 2. The Kier molecular flexibility index (Phi) is 7.73. The van der Waals surface area contributed by atoms with Gasteiger partial charge in [-0.3, -0.25) is 14.4 Å². The minimum Gasteiger partial charge on any atom is -0.496 e. The number of nitrogens with one attached hydrogen (secondary N) is 2. The number of ether oxygens (including phenoxy) is 1. The normalized spacial score (nSPS) is 17.7. The van der Waals surface area contributed by atoms with E-state index in [4.69, 9.17) is 4.74 Å². The van der Waals surface area contributed by atoms with Crippen molar-refractivity contribution >= 4 is 22.6 Å². The zero-order valence-electron chi connectivity index (χ0n) is 19.6. The molecule has 1 aliphatic rings. The van der Waals surface area contributed by atoms with Crippen LogP contribution in [0.25, 0.3) is 10.8 Å². The third-order valence-electron chi connectivity index (χ3n) is 6.05. The Hall–Kier alpha value is -3.55. The van der Waals surface area contributed by atoms with Crippen molar-refractivity contribution in [2.45, 2.75) is 51.4 Å². The van der Waals surface area contributed by atoms with E-state index in [0.29, 0.717) is 13.0 Å². The average Bonchev–Trinajstić information content (AvgIpc) is 3.20. The van der Waals surface area contributed by atoms with Gasteiger partial charge in [0.2, 0.25) is 11.8 Å². The van der Waals surface area contributed by atoms with Gasteiger partial charge in [0.15, 0.2) is 0 Å². The highest BCUT2D eigenvalue weighted by molar-refractivity contribution is 5.86. The molecule has 0 spiro atoms. The van der Waals surface area contributed by atoms with Crippen LogP contribution in [0.15, 0.2) is 29.2 Å². The number of pyridine rings is 1. The van der Waals surface area contributed by atoms with Crippen LogP contribution in [-0.4, -0.2) is 36.1 Å². The van der Waals surface area contributed by atoms with Gasteiger partial charge in [0.05, 0.1) is 18.7 Å². The summed E-state index contributed by atoms with van der Waals surface area (Å²) in [4.78, 5) is 38.3. The van der Waals surface area contributed by atoms with E-state index < -0.39 is 47.0 Å². The maximum absolute atomic E-state index is 13.5. The minimum absolute atomic E-state index is 0.0453. The molecular weight excluding hydrogens is 465 g/mol. The van der Waals surface area contributed by atoms with Crippen molar-refractivity contribution in [3.63, 3.8) is 0 Å². The summed E-state index contributed by atoms with van der Waals surface area (Å²) in [6, 6.07) is 3.29. The molecule has 1 aliphatic heterocycles. The molecule has 2 aromatic rings. The van der Waals surface area contributed by atoms with Gasteiger partial charge >= 0.3 is 6.18 Å². The molecule has 2 heterocycles. The number of methoxy groups -OCH3 is 1. The van der Waals surface area contributed by atoms with E-state index in [1.54, 1.807) is 0 Å². The second-order valence-electron chi connectivity index (χ2n) is 9.01. The number of hydrogen-bond donors (Lipinski definition) is 2. The van der Waals surface area contributed by atoms with E-state index in [9.17, 15) is 32.8 Å². The fraction of sp³-hybridized carbons (Fsp3) is 0.500. The average molecular weight is 492 g/mol. The van der Waals surface area contributed by atoms with E-state index >= 15 is 0 Å². The number of amides is 2. The van der Waals surface area contributed by atoms with Crippen LogP contribution in [0.3, 0.4) is 0 Å². The predicted molar refractivity (Wildman–Crippen MR) is 122 cm³/mol. The van der Waals surface area contributed by atoms with E-state index in [2.05, 4.69) is 10.6 Å². The molecule has 8 nitrogen and oxygen atoms in total. The first-order chi connectivity index (χ1) is 16.5. The van der Waals surface area contributed by atoms with Gasteiger partial charge in [-0.2, -0.15) is 18.4 Å². The third-order valence-corrected chi connectivity index (χ3v) is 6.05. The summed E-state index contributed by atoms with van der Waals surface area (Å²) in [5.74, 6) is -1.65. The second kappa shape index (κ2) is 10.4. The number of nitrogens with zero attached hydrogens (tertiary/aromatic N) is 2. The summed E-state index contributed by atoms with van der Waals surface area (Å²) >= 11 is 0. The predicted octanol–water partition coefficient (Wildman–Crippen LogP) is 3.15. The van der Waals surface area contributed by atoms with Crippen LogP contribution >= 0.6 is 0 Å². The van der Waals surface area contributed by atoms with Gasteiger partial charge in [0, 0.05) is 24.0 Å². The largest absolute Gasteiger partial charge is 0.496 e. The molecule has 0 radical (unpaired) electrons. The molecule has 0 bridgehead atoms. The Labute approximate surface area is 200 Å². The van der Waals surface area contributed by atoms with E-state index in [1.807, 2.05) is 19.9 Å². The molecule has 0 unspecified atom stereocenters. The Balaban J connectivity index is 1.99. The SMILES string of the molecule is COc1cc2ccn([C@@H](CC(C)C)C(=O)N[C@H](C#N)C[C@@H]3CCNC3=O)c(=O)c2cc1C(F)(F)F. The van der Waals surface area contributed by atoms with Crippen molar-refractivity contribution in [2.24, 2.45) is 11.8 Å². The Bertz CT molecular complexity index is 1220. The smallest absolute Gasteiger partial charge is 0.419 e. The molecule has 35 heavy (non-hydrogen) atoms. The van der Waals surface area contributed by atoms with E-state index in [-0.39, 0.29) is 35.4 Å². The van der Waals surface area contributed by atoms with Crippen molar-refractivity contribution in [3.05, 3.63) is 40.3 Å². The molecule has 0 saturated carbocycles. The van der Waals surface area contributed by atoms with Crippen molar-refractivity contribution < 1.29 is 27.5 Å². The lowest BCUT2D eigenvalue weighted by Crippen LogP contribution is -2.43. The van der Waals surface area contributed by atoms with E-state index in [1.165, 1.54) is 12.3 Å². The molecule has 2 N–H and O–H groups in total. The summed E-state index contributed by atoms with van der Waals surface area (Å²) in [5, 5.41) is 14.8. The van der Waals surface area contributed by atoms with Crippen LogP contribution in [0.5, 0.6) is 5.75 Å². The molecule has 3 atom stereocenters. The van der Waals surface area contributed by atoms with Crippen LogP contribution in [-0.2, 0) is 15.8 Å². The maximum atomic E-state index is 13.5. The van der Waals surface area contributed by atoms with Crippen LogP contribution < -0.4 is 20.9 Å². The Morgan fingerprint density at radius 3 is 2.60 bits per heavy atom. The zero-order chi connectivity index (χ0) is 25.9. The van der Waals surface area contributed by atoms with Gasteiger partial charge < -0.3 is 19.9 Å². The number of hydrogen-bond acceptors (Lipinski definition) is 5. The molecule has 2 amide bonds. The zero-order valence-corrected chi connectivity index (χ0v) is 19.6. The molecule has 1 saturated heterocycles. The number of aromatic nitrogens is 1. The van der Waals surface area contributed by atoms with E-state index in [0.717, 1.165) is 23.8 Å². The minimum atomic E-state index is -4.74. The summed E-state index contributed by atoms with van der Waals surface area (Å²) < 4.78 is 46.5. The van der Waals surface area contributed by atoms with Gasteiger partial charge in [-0.15, -0.1) is 0 Å². The van der Waals surface area contributed by atoms with Crippen molar-refractivity contribution in [2.75, 3.05) is 13.7 Å². The van der Waals surface area contributed by atoms with Gasteiger partial charge in [0.25, 0.3) is 5.56 Å². The summed E-state index contributed by atoms with van der Waals surface area (Å²) in [6.45, 7) is 4.18. The summed E-state index contributed by atoms with van der Waals surface area (Å²) in [5.41, 5.74) is -1.85. The molecule has 1 aromatic carbocycles. The highest BCUT2D eigenvalue weighted by atomic mass is 19.4. The molecular formula is C24H27F3N4O4. The molecule has 188 valence electrons. The third kappa shape index (κ3) is 5.75. The van der Waals surface area contributed by atoms with Gasteiger partial charge in [-0.1, -0.05) is 13.8 Å². The maximum Gasteiger partial charge on any atom is 0.419 e. The monoisotopic (exact) mass is 492 g/mol. The Morgan fingerprint density at radius 2 is 2.06 bits per heavy atom. The van der Waals surface area contributed by atoms with Gasteiger partial charge in [-0.25, -0.2) is 0 Å². The number of carbonyl (C=O) groups is 2. The Morgan fingerprint density at radius 1 is 1.34 bits per heavy atom. The first-order valence-corrected chi connectivity index (χ1v) is 11.2. The number of nitriles is 1. The van der Waals surface area contributed by atoms with Gasteiger partial charge in [-0.05, 0) is 48.8 Å². The van der Waals surface area contributed by atoms with Crippen molar-refractivity contribution in [1.82, 2.24) is 15.2 Å². The lowest BCUT2D eigenvalue weighted by Gasteiger charge is -2.24. The first-order valence-electron chi connectivity index (χ1n) is 11.2. The first kappa shape index (κ1) is 26.1. The molecule has 3 rings (SSSR count). The fourth-order valence-electron chi connectivity index (χ4n) is 4.28. The second-order valence-corrected chi connectivity index (χ2v) is 9.01. The molecule has 0 aliphatic carbocycles. The summed E-state index contributed by atoms with van der Waals surface area (Å²) in [6.07, 6.45) is -2.49. The molecule has 1 fully saturated rings. The highest BCUT2D eigenvalue weighted by Gasteiger charge is 2.35. The van der Waals surface area contributed by atoms with Crippen LogP contribution in [0.1, 0.15) is 44.7 Å². The number of halogens is 3. The standard InChI is InChI=1S/C24H27F3N4O4/c1-13(2)8-19(22(33)30-16(12-28)9-15-4-6-29-21(15)32)31-7-5-14-10-20(35-3)18(24(25,26)27)11-17(14)23(31)34/h5,7,10-11,13,15-16,19H,4,6,8-9H2,1-3H3,(H,29,32)(H,30,33)/t15-,16-,19-/m0/s1. The van der Waals surface area contributed by atoms with Crippen molar-refractivity contribution in [3.8, 4) is 11.8 Å². The lowest BCUT2D eigenvalue weighted by atomic mass is 9.97. The topological polar surface area (TPSA) is 113 Å². The molecule has 11 heteroatoms. The fourth-order valence-corrected chi connectivity index (χ4v) is 4.28. The van der Waals surface area contributed by atoms with Crippen LogP contribution in [0.2, 0.25) is 0 Å². The highest BCUT2D eigenvalue weighted by Crippen LogP contribution is 2.38. The number of alkyl halides is 3. The number of benzene rings is 1. The summed E-state index contributed by atoms with van der Waals surface area (Å²) in [7, 11) is 1.11. The van der Waals surface area contributed by atoms with Gasteiger partial charge in [0.1, 0.15) is 17.8 Å². The van der Waals surface area contributed by atoms with Crippen molar-refractivity contribution in [1.29, 1.82) is 5.26 Å². The van der Waals surface area contributed by atoms with Crippen LogP contribution in [0.4, 0.5) is 13.2 Å².